The van der Waals surface area contributed by atoms with Gasteiger partial charge in [-0.1, -0.05) is 84.9 Å². The van der Waals surface area contributed by atoms with E-state index in [1.807, 2.05) is 0 Å². The molecule has 0 unspecified atom stereocenters. The standard InChI is InChI=1S/C16H10O8.C13H12/c17-13(18)9-5-1-3-7(11(9)15(21)22)8-4-2-6-10(14(19)20)12(8)16(23)24;1-3-7-12(8-4-1)11-13-9-5-2-6-10-13/h1-6H,(H,17,18)(H,19,20)(H,21,22)(H,23,24);1-10H,11H2. The van der Waals surface area contributed by atoms with Gasteiger partial charge in [-0.05, 0) is 40.8 Å². The molecule has 186 valence electrons. The van der Waals surface area contributed by atoms with Crippen LogP contribution in [0, 0.1) is 0 Å². The third kappa shape index (κ3) is 6.46. The Hall–Kier alpha value is -5.24. The van der Waals surface area contributed by atoms with Crippen molar-refractivity contribution in [2.45, 2.75) is 6.42 Å². The number of aromatic carboxylic acids is 4. The summed E-state index contributed by atoms with van der Waals surface area (Å²) in [5.41, 5.74) is 0.0624. The van der Waals surface area contributed by atoms with E-state index in [9.17, 15) is 29.4 Å². The molecule has 8 nitrogen and oxygen atoms in total. The van der Waals surface area contributed by atoms with E-state index in [1.165, 1.54) is 35.4 Å². The van der Waals surface area contributed by atoms with E-state index < -0.39 is 46.1 Å². The third-order valence-corrected chi connectivity index (χ3v) is 5.40. The summed E-state index contributed by atoms with van der Waals surface area (Å²) in [7, 11) is 0. The van der Waals surface area contributed by atoms with Gasteiger partial charge in [-0.2, -0.15) is 0 Å². The summed E-state index contributed by atoms with van der Waals surface area (Å²) in [6.45, 7) is 0. The third-order valence-electron chi connectivity index (χ3n) is 5.40. The number of rotatable bonds is 7. The van der Waals surface area contributed by atoms with Crippen molar-refractivity contribution in [3.05, 3.63) is 130 Å². The van der Waals surface area contributed by atoms with Gasteiger partial charge in [0.05, 0.1) is 22.3 Å². The maximum atomic E-state index is 11.5. The Morgan fingerprint density at radius 3 is 1.08 bits per heavy atom. The highest BCUT2D eigenvalue weighted by Gasteiger charge is 2.26. The molecule has 0 atom stereocenters. The molecule has 0 aliphatic carbocycles. The molecule has 0 aliphatic rings. The van der Waals surface area contributed by atoms with Crippen molar-refractivity contribution in [1.29, 1.82) is 0 Å². The van der Waals surface area contributed by atoms with Crippen molar-refractivity contribution >= 4 is 23.9 Å². The Morgan fingerprint density at radius 1 is 0.432 bits per heavy atom. The Balaban J connectivity index is 0.000000244. The number of hydrogen-bond donors (Lipinski definition) is 4. The fourth-order valence-electron chi connectivity index (χ4n) is 3.80. The molecule has 0 fully saturated rings. The zero-order chi connectivity index (χ0) is 26.9. The van der Waals surface area contributed by atoms with Crippen molar-refractivity contribution in [3.63, 3.8) is 0 Å². The Labute approximate surface area is 211 Å². The average molecular weight is 498 g/mol. The lowest BCUT2D eigenvalue weighted by Gasteiger charge is -2.13. The highest BCUT2D eigenvalue weighted by molar-refractivity contribution is 6.11. The van der Waals surface area contributed by atoms with E-state index in [1.54, 1.807) is 0 Å². The number of carboxylic acid groups (broad SMARTS) is 4. The van der Waals surface area contributed by atoms with Gasteiger partial charge in [0.1, 0.15) is 0 Å². The molecule has 0 aliphatic heterocycles. The molecule has 0 bridgehead atoms. The molecule has 0 radical (unpaired) electrons. The molecule has 4 rings (SSSR count). The first-order valence-electron chi connectivity index (χ1n) is 11.0. The van der Waals surface area contributed by atoms with Crippen LogP contribution in [0.5, 0.6) is 0 Å². The predicted molar refractivity (Wildman–Crippen MR) is 135 cm³/mol. The Bertz CT molecular complexity index is 1330. The van der Waals surface area contributed by atoms with E-state index in [4.69, 9.17) is 10.2 Å². The minimum atomic E-state index is -1.57. The van der Waals surface area contributed by atoms with E-state index in [2.05, 4.69) is 60.7 Å². The zero-order valence-electron chi connectivity index (χ0n) is 19.4. The first kappa shape index (κ1) is 26.4. The van der Waals surface area contributed by atoms with E-state index in [0.29, 0.717) is 0 Å². The van der Waals surface area contributed by atoms with Crippen LogP contribution in [0.25, 0.3) is 11.1 Å². The predicted octanol–water partition coefficient (Wildman–Crippen LogP) is 5.42. The molecule has 4 aromatic carbocycles. The van der Waals surface area contributed by atoms with Gasteiger partial charge in [0.25, 0.3) is 0 Å². The molecule has 0 heterocycles. The van der Waals surface area contributed by atoms with Crippen LogP contribution in [-0.4, -0.2) is 44.3 Å². The van der Waals surface area contributed by atoms with Gasteiger partial charge in [-0.25, -0.2) is 19.2 Å². The molecule has 0 aromatic heterocycles. The van der Waals surface area contributed by atoms with Crippen LogP contribution in [0.15, 0.2) is 97.1 Å². The van der Waals surface area contributed by atoms with Gasteiger partial charge in [-0.15, -0.1) is 0 Å². The molecule has 0 spiro atoms. The quantitative estimate of drug-likeness (QED) is 0.264. The highest BCUT2D eigenvalue weighted by atomic mass is 16.4. The minimum Gasteiger partial charge on any atom is -0.478 e. The summed E-state index contributed by atoms with van der Waals surface area (Å²) in [5, 5.41) is 36.9. The summed E-state index contributed by atoms with van der Waals surface area (Å²) in [5.74, 6) is -6.14. The summed E-state index contributed by atoms with van der Waals surface area (Å²) in [4.78, 5) is 45.4. The monoisotopic (exact) mass is 498 g/mol. The summed E-state index contributed by atoms with van der Waals surface area (Å²) >= 11 is 0. The van der Waals surface area contributed by atoms with Crippen LogP contribution in [0.2, 0.25) is 0 Å². The SMILES string of the molecule is O=C(O)c1cccc(-c2cccc(C(=O)O)c2C(=O)O)c1C(=O)O.c1ccc(Cc2ccccc2)cc1. The average Bonchev–Trinajstić information content (AvgIpc) is 2.89. The van der Waals surface area contributed by atoms with E-state index >= 15 is 0 Å². The molecular formula is C29H22O8. The van der Waals surface area contributed by atoms with Crippen LogP contribution in [0.1, 0.15) is 52.6 Å². The second-order valence-electron chi connectivity index (χ2n) is 7.82. The summed E-state index contributed by atoms with van der Waals surface area (Å²) in [6, 6.07) is 28.2. The maximum Gasteiger partial charge on any atom is 0.337 e. The largest absolute Gasteiger partial charge is 0.478 e. The second kappa shape index (κ2) is 11.9. The van der Waals surface area contributed by atoms with Crippen LogP contribution in [-0.2, 0) is 6.42 Å². The summed E-state index contributed by atoms with van der Waals surface area (Å²) in [6.07, 6.45) is 1.03. The number of benzene rings is 4. The fraction of sp³-hybridized carbons (Fsp3) is 0.0345. The van der Waals surface area contributed by atoms with Crippen LogP contribution < -0.4 is 0 Å². The Morgan fingerprint density at radius 2 is 0.784 bits per heavy atom. The van der Waals surface area contributed by atoms with Gasteiger partial charge < -0.3 is 20.4 Å². The molecule has 0 saturated heterocycles. The smallest absolute Gasteiger partial charge is 0.337 e. The lowest BCUT2D eigenvalue weighted by Crippen LogP contribution is -2.13. The molecule has 37 heavy (non-hydrogen) atoms. The van der Waals surface area contributed by atoms with E-state index in [0.717, 1.165) is 18.6 Å². The Kier molecular flexibility index (Phi) is 8.51. The molecule has 4 aromatic rings. The fourth-order valence-corrected chi connectivity index (χ4v) is 3.80. The molecular weight excluding hydrogens is 476 g/mol. The first-order valence-corrected chi connectivity index (χ1v) is 11.0. The first-order chi connectivity index (χ1) is 17.7. The van der Waals surface area contributed by atoms with Gasteiger partial charge in [-0.3, -0.25) is 0 Å². The van der Waals surface area contributed by atoms with Gasteiger partial charge in [0, 0.05) is 0 Å². The van der Waals surface area contributed by atoms with Gasteiger partial charge in [0.2, 0.25) is 0 Å². The van der Waals surface area contributed by atoms with Gasteiger partial charge in [0.15, 0.2) is 0 Å². The minimum absolute atomic E-state index is 0.192. The van der Waals surface area contributed by atoms with Crippen LogP contribution >= 0.6 is 0 Å². The topological polar surface area (TPSA) is 149 Å². The van der Waals surface area contributed by atoms with Gasteiger partial charge >= 0.3 is 23.9 Å². The van der Waals surface area contributed by atoms with Crippen LogP contribution in [0.3, 0.4) is 0 Å². The lowest BCUT2D eigenvalue weighted by atomic mass is 9.90. The number of carboxylic acids is 4. The number of hydrogen-bond acceptors (Lipinski definition) is 4. The van der Waals surface area contributed by atoms with Crippen molar-refractivity contribution in [1.82, 2.24) is 0 Å². The molecule has 8 heteroatoms. The normalized spacial score (nSPS) is 10.1. The van der Waals surface area contributed by atoms with E-state index in [-0.39, 0.29) is 11.1 Å². The highest BCUT2D eigenvalue weighted by Crippen LogP contribution is 2.31. The molecule has 4 N–H and O–H groups in total. The lowest BCUT2D eigenvalue weighted by molar-refractivity contribution is 0.0650. The number of carbonyl (C=O) groups is 4. The second-order valence-corrected chi connectivity index (χ2v) is 7.82. The zero-order valence-corrected chi connectivity index (χ0v) is 19.4. The molecule has 0 saturated carbocycles. The van der Waals surface area contributed by atoms with Crippen LogP contribution in [0.4, 0.5) is 0 Å². The molecule has 0 amide bonds. The van der Waals surface area contributed by atoms with Crippen molar-refractivity contribution in [3.8, 4) is 11.1 Å². The summed E-state index contributed by atoms with van der Waals surface area (Å²) < 4.78 is 0. The van der Waals surface area contributed by atoms with Crippen molar-refractivity contribution < 1.29 is 39.6 Å². The van der Waals surface area contributed by atoms with Crippen molar-refractivity contribution in [2.75, 3.05) is 0 Å². The maximum absolute atomic E-state index is 11.5. The van der Waals surface area contributed by atoms with Crippen molar-refractivity contribution in [2.24, 2.45) is 0 Å².